The van der Waals surface area contributed by atoms with E-state index in [1.54, 1.807) is 26.6 Å². The van der Waals surface area contributed by atoms with Gasteiger partial charge < -0.3 is 39.3 Å². The summed E-state index contributed by atoms with van der Waals surface area (Å²) in [5, 5.41) is 17.3. The Hall–Kier alpha value is -2.56. The number of hydrogen-bond acceptors (Lipinski definition) is 7. The average Bonchev–Trinajstić information content (AvgIpc) is 3.42. The maximum atomic E-state index is 12.7. The van der Waals surface area contributed by atoms with E-state index in [9.17, 15) is 9.90 Å². The van der Waals surface area contributed by atoms with Gasteiger partial charge in [0.25, 0.3) is 0 Å². The number of carbonyl (C=O) groups is 1. The zero-order valence-electron chi connectivity index (χ0n) is 18.3. The third-order valence-electron chi connectivity index (χ3n) is 6.77. The number of rotatable bonds is 5. The molecule has 10 nitrogen and oxygen atoms in total. The summed E-state index contributed by atoms with van der Waals surface area (Å²) in [6.07, 6.45) is 5.11. The fourth-order valence-electron chi connectivity index (χ4n) is 5.09. The molecular formula is C22H30N4O6. The molecule has 0 spiro atoms. The Balaban J connectivity index is 1.39. The van der Waals surface area contributed by atoms with E-state index < -0.39 is 30.6 Å². The monoisotopic (exact) mass is 446 g/mol. The Morgan fingerprint density at radius 2 is 1.91 bits per heavy atom. The molecule has 2 aliphatic heterocycles. The van der Waals surface area contributed by atoms with Gasteiger partial charge >= 0.3 is 6.03 Å². The van der Waals surface area contributed by atoms with Gasteiger partial charge in [0.15, 0.2) is 17.8 Å². The number of imidazole rings is 1. The van der Waals surface area contributed by atoms with Crippen LogP contribution in [0.1, 0.15) is 38.1 Å². The summed E-state index contributed by atoms with van der Waals surface area (Å²) < 4.78 is 24.5. The van der Waals surface area contributed by atoms with Gasteiger partial charge in [0.05, 0.1) is 44.2 Å². The number of aromatic nitrogens is 2. The van der Waals surface area contributed by atoms with E-state index in [2.05, 4.69) is 15.6 Å². The van der Waals surface area contributed by atoms with E-state index in [-0.39, 0.29) is 12.1 Å². The van der Waals surface area contributed by atoms with Gasteiger partial charge in [0.2, 0.25) is 0 Å². The number of nitrogens with one attached hydrogen (secondary N) is 2. The van der Waals surface area contributed by atoms with Crippen LogP contribution in [0, 0.1) is 0 Å². The minimum absolute atomic E-state index is 0.175. The van der Waals surface area contributed by atoms with Crippen molar-refractivity contribution in [3.05, 3.63) is 18.5 Å². The molecule has 2 aromatic rings. The van der Waals surface area contributed by atoms with E-state index in [0.717, 1.165) is 31.2 Å². The highest BCUT2D eigenvalue weighted by molar-refractivity contribution is 5.80. The van der Waals surface area contributed by atoms with Crippen LogP contribution in [-0.4, -0.2) is 72.1 Å². The third-order valence-corrected chi connectivity index (χ3v) is 6.77. The van der Waals surface area contributed by atoms with E-state index in [1.807, 2.05) is 10.6 Å². The van der Waals surface area contributed by atoms with Crippen LogP contribution in [0.15, 0.2) is 18.5 Å². The van der Waals surface area contributed by atoms with Crippen molar-refractivity contribution in [2.45, 2.75) is 68.7 Å². The molecule has 2 bridgehead atoms. The van der Waals surface area contributed by atoms with Crippen LogP contribution < -0.4 is 20.1 Å². The van der Waals surface area contributed by atoms with Gasteiger partial charge in [-0.2, -0.15) is 0 Å². The highest BCUT2D eigenvalue weighted by Crippen LogP contribution is 2.39. The molecule has 32 heavy (non-hydrogen) atoms. The molecule has 10 heteroatoms. The first-order chi connectivity index (χ1) is 15.6. The number of hydrogen-bond donors (Lipinski definition) is 3. The molecular weight excluding hydrogens is 416 g/mol. The molecule has 5 rings (SSSR count). The highest BCUT2D eigenvalue weighted by atomic mass is 16.7. The maximum Gasteiger partial charge on any atom is 0.315 e. The second-order valence-electron chi connectivity index (χ2n) is 8.68. The van der Waals surface area contributed by atoms with E-state index in [4.69, 9.17) is 18.9 Å². The lowest BCUT2D eigenvalue weighted by Gasteiger charge is -2.39. The van der Waals surface area contributed by atoms with Crippen molar-refractivity contribution in [2.75, 3.05) is 20.8 Å². The number of amides is 2. The summed E-state index contributed by atoms with van der Waals surface area (Å²) in [4.78, 5) is 17.1. The number of urea groups is 1. The first-order valence-electron chi connectivity index (χ1n) is 11.2. The second-order valence-corrected chi connectivity index (χ2v) is 8.68. The molecule has 3 heterocycles. The fourth-order valence-corrected chi connectivity index (χ4v) is 5.09. The highest BCUT2D eigenvalue weighted by Gasteiger charge is 2.51. The van der Waals surface area contributed by atoms with Gasteiger partial charge in [-0.3, -0.25) is 0 Å². The molecule has 2 amide bonds. The van der Waals surface area contributed by atoms with Crippen molar-refractivity contribution in [2.24, 2.45) is 0 Å². The lowest BCUT2D eigenvalue weighted by Crippen LogP contribution is -2.61. The van der Waals surface area contributed by atoms with Gasteiger partial charge in [-0.15, -0.1) is 0 Å². The lowest BCUT2D eigenvalue weighted by molar-refractivity contribution is -0.162. The molecule has 1 aliphatic carbocycles. The minimum Gasteiger partial charge on any atom is -0.493 e. The molecule has 3 fully saturated rings. The van der Waals surface area contributed by atoms with E-state index in [1.165, 1.54) is 6.42 Å². The summed E-state index contributed by atoms with van der Waals surface area (Å²) in [6, 6.07) is 2.29. The summed E-state index contributed by atoms with van der Waals surface area (Å²) in [6.45, 7) is 0.302. The topological polar surface area (TPSA) is 116 Å². The van der Waals surface area contributed by atoms with Crippen LogP contribution in [0.5, 0.6) is 11.5 Å². The summed E-state index contributed by atoms with van der Waals surface area (Å²) >= 11 is 0. The minimum atomic E-state index is -0.927. The Bertz CT molecular complexity index is 975. The quantitative estimate of drug-likeness (QED) is 0.640. The van der Waals surface area contributed by atoms with Gasteiger partial charge in [-0.25, -0.2) is 9.78 Å². The number of fused-ring (bicyclic) bond motifs is 3. The van der Waals surface area contributed by atoms with Crippen molar-refractivity contribution < 1.29 is 28.8 Å². The summed E-state index contributed by atoms with van der Waals surface area (Å²) in [7, 11) is 3.14. The molecule has 3 N–H and O–H groups in total. The lowest BCUT2D eigenvalue weighted by atomic mass is 9.95. The van der Waals surface area contributed by atoms with Crippen LogP contribution in [0.2, 0.25) is 0 Å². The van der Waals surface area contributed by atoms with Crippen molar-refractivity contribution in [3.63, 3.8) is 0 Å². The normalized spacial score (nSPS) is 30.3. The number of aliphatic hydroxyl groups is 1. The fraction of sp³-hybridized carbons (Fsp3) is 0.636. The molecule has 1 aromatic carbocycles. The molecule has 0 unspecified atom stereocenters. The number of carbonyl (C=O) groups excluding carboxylic acids is 1. The zero-order valence-corrected chi connectivity index (χ0v) is 18.3. The molecule has 0 radical (unpaired) electrons. The maximum absolute atomic E-state index is 12.7. The molecule has 174 valence electrons. The Morgan fingerprint density at radius 3 is 2.66 bits per heavy atom. The SMILES string of the molecule is COc1cc2ncn([C@H]3[C@@H]4OC[C@@H](O4)[C@@H](NC(=O)NC4CCCCC4)[C@@H]3O)c2cc1OC. The Kier molecular flexibility index (Phi) is 5.83. The van der Waals surface area contributed by atoms with Crippen molar-refractivity contribution in [1.82, 2.24) is 20.2 Å². The van der Waals surface area contributed by atoms with Gasteiger partial charge in [-0.05, 0) is 12.8 Å². The van der Waals surface area contributed by atoms with Gasteiger partial charge in [-0.1, -0.05) is 19.3 Å². The molecule has 3 aliphatic rings. The number of nitrogens with zero attached hydrogens (tertiary/aromatic N) is 2. The van der Waals surface area contributed by atoms with Crippen molar-refractivity contribution in [1.29, 1.82) is 0 Å². The molecule has 1 aromatic heterocycles. The van der Waals surface area contributed by atoms with Crippen LogP contribution in [-0.2, 0) is 9.47 Å². The number of ether oxygens (including phenoxy) is 4. The van der Waals surface area contributed by atoms with Crippen LogP contribution in [0.25, 0.3) is 11.0 Å². The van der Waals surface area contributed by atoms with Crippen molar-refractivity contribution in [3.8, 4) is 11.5 Å². The Labute approximate surface area is 186 Å². The second kappa shape index (κ2) is 8.76. The number of methoxy groups -OCH3 is 2. The van der Waals surface area contributed by atoms with Crippen LogP contribution in [0.3, 0.4) is 0 Å². The van der Waals surface area contributed by atoms with Crippen LogP contribution >= 0.6 is 0 Å². The average molecular weight is 447 g/mol. The largest absolute Gasteiger partial charge is 0.493 e. The first kappa shape index (κ1) is 21.3. The summed E-state index contributed by atoms with van der Waals surface area (Å²) in [5.74, 6) is 1.13. The molecule has 5 atom stereocenters. The van der Waals surface area contributed by atoms with Crippen LogP contribution in [0.4, 0.5) is 4.79 Å². The predicted octanol–water partition coefficient (Wildman–Crippen LogP) is 1.71. The van der Waals surface area contributed by atoms with Gasteiger partial charge in [0.1, 0.15) is 18.2 Å². The predicted molar refractivity (Wildman–Crippen MR) is 115 cm³/mol. The zero-order chi connectivity index (χ0) is 22.2. The van der Waals surface area contributed by atoms with E-state index in [0.29, 0.717) is 23.6 Å². The Morgan fingerprint density at radius 1 is 1.16 bits per heavy atom. The molecule has 2 saturated heterocycles. The number of aliphatic hydroxyl groups excluding tert-OH is 1. The van der Waals surface area contributed by atoms with E-state index >= 15 is 0 Å². The summed E-state index contributed by atoms with van der Waals surface area (Å²) in [5.41, 5.74) is 1.43. The standard InChI is InChI=1S/C22H30N4O6/c1-29-15-8-13-14(9-16(15)30-2)26(11-23-13)19-20(27)18(17-10-31-21(19)32-17)25-22(28)24-12-6-4-3-5-7-12/h8-9,11-12,17-21,27H,3-7,10H2,1-2H3,(H2,24,25,28)/t17-,18-,19-,20+,21-/m1/s1. The smallest absolute Gasteiger partial charge is 0.315 e. The van der Waals surface area contributed by atoms with Crippen molar-refractivity contribution >= 4 is 17.1 Å². The first-order valence-corrected chi connectivity index (χ1v) is 11.2. The van der Waals surface area contributed by atoms with Gasteiger partial charge in [0, 0.05) is 18.2 Å². The molecule has 1 saturated carbocycles. The number of benzene rings is 1. The third kappa shape index (κ3) is 3.76.